The van der Waals surface area contributed by atoms with Gasteiger partial charge in [-0.2, -0.15) is 0 Å². The maximum Gasteiger partial charge on any atom is 0.495 e. The second-order valence-electron chi connectivity index (χ2n) is 8.24. The van der Waals surface area contributed by atoms with Crippen LogP contribution in [0.15, 0.2) is 18.2 Å². The maximum absolute atomic E-state index is 12.3. The zero-order valence-corrected chi connectivity index (χ0v) is 15.8. The lowest BCUT2D eigenvalue weighted by atomic mass is 9.75. The third-order valence-corrected chi connectivity index (χ3v) is 5.71. The fraction of sp³-hybridized carbons (Fsp3) is 0.632. The number of likely N-dealkylation sites (tertiary alicyclic amines) is 1. The van der Waals surface area contributed by atoms with Crippen LogP contribution in [0.4, 0.5) is 0 Å². The number of β-amino-alcohol motifs (C(OH)–C–C–N with tert-alkyl or cyclic N) is 1. The number of aryl methyl sites for hydroxylation is 1. The molecule has 2 aliphatic rings. The van der Waals surface area contributed by atoms with Crippen molar-refractivity contribution >= 4 is 18.5 Å². The number of amides is 1. The Morgan fingerprint density at radius 1 is 1.28 bits per heavy atom. The van der Waals surface area contributed by atoms with Crippen LogP contribution in [0.3, 0.4) is 0 Å². The normalized spacial score (nSPS) is 24.8. The van der Waals surface area contributed by atoms with E-state index >= 15 is 0 Å². The highest BCUT2D eigenvalue weighted by atomic mass is 16.7. The van der Waals surface area contributed by atoms with E-state index in [-0.39, 0.29) is 30.3 Å². The molecule has 25 heavy (non-hydrogen) atoms. The number of nitrogens with zero attached hydrogens (tertiary/aromatic N) is 1. The Morgan fingerprint density at radius 3 is 2.44 bits per heavy atom. The van der Waals surface area contributed by atoms with Gasteiger partial charge < -0.3 is 19.3 Å². The molecule has 1 aromatic carbocycles. The lowest BCUT2D eigenvalue weighted by Gasteiger charge is -2.32. The molecule has 6 heteroatoms. The SMILES string of the molecule is Cc1cc(CC(=O)N2CCC(O)C2)ccc1B1OC(C)(C)C(C)(C)O1. The summed E-state index contributed by atoms with van der Waals surface area (Å²) in [5, 5.41) is 9.58. The van der Waals surface area contributed by atoms with Crippen LogP contribution < -0.4 is 5.46 Å². The van der Waals surface area contributed by atoms with Crippen molar-refractivity contribution in [1.82, 2.24) is 4.90 Å². The summed E-state index contributed by atoms with van der Waals surface area (Å²) in [5.74, 6) is 0.0688. The van der Waals surface area contributed by atoms with Gasteiger partial charge in [-0.05, 0) is 52.1 Å². The number of rotatable bonds is 3. The fourth-order valence-electron chi connectivity index (χ4n) is 3.34. The summed E-state index contributed by atoms with van der Waals surface area (Å²) in [5.41, 5.74) is 2.31. The first-order chi connectivity index (χ1) is 11.6. The van der Waals surface area contributed by atoms with E-state index in [0.29, 0.717) is 25.9 Å². The number of carbonyl (C=O) groups excluding carboxylic acids is 1. The molecule has 1 atom stereocenters. The molecule has 0 bridgehead atoms. The molecule has 1 unspecified atom stereocenters. The molecule has 1 N–H and O–H groups in total. The van der Waals surface area contributed by atoms with E-state index in [9.17, 15) is 9.90 Å². The van der Waals surface area contributed by atoms with Gasteiger partial charge >= 0.3 is 7.12 Å². The standard InChI is InChI=1S/C19H28BNO4/c1-13-10-14(11-17(23)21-9-8-15(22)12-21)6-7-16(13)20-24-18(2,3)19(4,5)25-20/h6-7,10,15,22H,8-9,11-12H2,1-5H3. The minimum Gasteiger partial charge on any atom is -0.399 e. The molecular weight excluding hydrogens is 317 g/mol. The number of aliphatic hydroxyl groups excluding tert-OH is 1. The molecule has 2 saturated heterocycles. The molecule has 1 amide bonds. The van der Waals surface area contributed by atoms with Crippen molar-refractivity contribution in [3.05, 3.63) is 29.3 Å². The second kappa shape index (κ2) is 6.42. The summed E-state index contributed by atoms with van der Waals surface area (Å²) in [6.45, 7) is 11.3. The second-order valence-corrected chi connectivity index (χ2v) is 8.24. The Kier molecular flexibility index (Phi) is 4.73. The summed E-state index contributed by atoms with van der Waals surface area (Å²) in [6.07, 6.45) is 0.652. The topological polar surface area (TPSA) is 59.0 Å². The van der Waals surface area contributed by atoms with Gasteiger partial charge in [-0.25, -0.2) is 0 Å². The highest BCUT2D eigenvalue weighted by Crippen LogP contribution is 2.36. The van der Waals surface area contributed by atoms with E-state index in [1.54, 1.807) is 4.90 Å². The van der Waals surface area contributed by atoms with Gasteiger partial charge in [-0.3, -0.25) is 4.79 Å². The molecule has 3 rings (SSSR count). The summed E-state index contributed by atoms with van der Waals surface area (Å²) in [7, 11) is -0.386. The average molecular weight is 345 g/mol. The summed E-state index contributed by atoms with van der Waals surface area (Å²) >= 11 is 0. The van der Waals surface area contributed by atoms with E-state index in [1.807, 2.05) is 52.8 Å². The van der Waals surface area contributed by atoms with E-state index in [2.05, 4.69) is 0 Å². The zero-order valence-electron chi connectivity index (χ0n) is 15.8. The minimum atomic E-state index is -0.386. The molecule has 0 radical (unpaired) electrons. The Bertz CT molecular complexity index is 657. The molecule has 0 aromatic heterocycles. The van der Waals surface area contributed by atoms with E-state index in [1.165, 1.54) is 0 Å². The van der Waals surface area contributed by atoms with Crippen molar-refractivity contribution in [2.45, 2.75) is 64.8 Å². The van der Waals surface area contributed by atoms with Gasteiger partial charge in [0.25, 0.3) is 0 Å². The van der Waals surface area contributed by atoms with Crippen LogP contribution in [-0.4, -0.2) is 53.4 Å². The highest BCUT2D eigenvalue weighted by Gasteiger charge is 2.52. The van der Waals surface area contributed by atoms with Crippen molar-refractivity contribution in [3.63, 3.8) is 0 Å². The van der Waals surface area contributed by atoms with Gasteiger partial charge in [0.2, 0.25) is 5.91 Å². The van der Waals surface area contributed by atoms with Crippen molar-refractivity contribution in [2.75, 3.05) is 13.1 Å². The molecule has 0 saturated carbocycles. The largest absolute Gasteiger partial charge is 0.495 e. The first-order valence-electron chi connectivity index (χ1n) is 9.00. The predicted molar refractivity (Wildman–Crippen MR) is 97.8 cm³/mol. The maximum atomic E-state index is 12.3. The number of benzene rings is 1. The summed E-state index contributed by atoms with van der Waals surface area (Å²) < 4.78 is 12.2. The van der Waals surface area contributed by atoms with Crippen LogP contribution in [0, 0.1) is 6.92 Å². The Labute approximate surface area is 150 Å². The minimum absolute atomic E-state index is 0.0688. The number of aliphatic hydroxyl groups is 1. The first-order valence-corrected chi connectivity index (χ1v) is 9.00. The summed E-state index contributed by atoms with van der Waals surface area (Å²) in [4.78, 5) is 14.1. The molecule has 5 nitrogen and oxygen atoms in total. The average Bonchev–Trinajstić information content (AvgIpc) is 3.00. The lowest BCUT2D eigenvalue weighted by molar-refractivity contribution is -0.129. The zero-order chi connectivity index (χ0) is 18.4. The van der Waals surface area contributed by atoms with Crippen molar-refractivity contribution in [1.29, 1.82) is 0 Å². The third-order valence-electron chi connectivity index (χ3n) is 5.71. The van der Waals surface area contributed by atoms with Gasteiger partial charge in [-0.15, -0.1) is 0 Å². The van der Waals surface area contributed by atoms with Gasteiger partial charge in [0, 0.05) is 13.1 Å². The van der Waals surface area contributed by atoms with Crippen LogP contribution in [0.1, 0.15) is 45.2 Å². The number of hydrogen-bond donors (Lipinski definition) is 1. The van der Waals surface area contributed by atoms with Gasteiger partial charge in [0.1, 0.15) is 0 Å². The van der Waals surface area contributed by atoms with Crippen LogP contribution >= 0.6 is 0 Å². The van der Waals surface area contributed by atoms with Crippen LogP contribution in [0.25, 0.3) is 0 Å². The lowest BCUT2D eigenvalue weighted by Crippen LogP contribution is -2.41. The Balaban J connectivity index is 1.70. The number of carbonyl (C=O) groups is 1. The van der Waals surface area contributed by atoms with Crippen molar-refractivity contribution < 1.29 is 19.2 Å². The molecule has 0 spiro atoms. The van der Waals surface area contributed by atoms with E-state index in [4.69, 9.17) is 9.31 Å². The highest BCUT2D eigenvalue weighted by molar-refractivity contribution is 6.62. The van der Waals surface area contributed by atoms with E-state index < -0.39 is 0 Å². The fourth-order valence-corrected chi connectivity index (χ4v) is 3.34. The van der Waals surface area contributed by atoms with Crippen molar-refractivity contribution in [2.24, 2.45) is 0 Å². The van der Waals surface area contributed by atoms with Crippen LogP contribution in [0.2, 0.25) is 0 Å². The summed E-state index contributed by atoms with van der Waals surface area (Å²) in [6, 6.07) is 6.00. The molecule has 1 aromatic rings. The van der Waals surface area contributed by atoms with Crippen LogP contribution in [-0.2, 0) is 20.5 Å². The molecular formula is C19H28BNO4. The first kappa shape index (κ1) is 18.4. The van der Waals surface area contributed by atoms with Gasteiger partial charge in [0.15, 0.2) is 0 Å². The van der Waals surface area contributed by atoms with Gasteiger partial charge in [-0.1, -0.05) is 23.8 Å². The molecule has 2 aliphatic heterocycles. The monoisotopic (exact) mass is 345 g/mol. The quantitative estimate of drug-likeness (QED) is 0.842. The molecule has 0 aliphatic carbocycles. The van der Waals surface area contributed by atoms with Crippen molar-refractivity contribution in [3.8, 4) is 0 Å². The Morgan fingerprint density at radius 2 is 1.92 bits per heavy atom. The molecule has 136 valence electrons. The predicted octanol–water partition coefficient (Wildman–Crippen LogP) is 1.43. The van der Waals surface area contributed by atoms with E-state index in [0.717, 1.165) is 16.6 Å². The van der Waals surface area contributed by atoms with Gasteiger partial charge in [0.05, 0.1) is 23.7 Å². The van der Waals surface area contributed by atoms with Crippen LogP contribution in [0.5, 0.6) is 0 Å². The number of hydrogen-bond acceptors (Lipinski definition) is 4. The smallest absolute Gasteiger partial charge is 0.399 e. The molecule has 2 heterocycles. The Hall–Kier alpha value is -1.37. The third kappa shape index (κ3) is 3.61. The molecule has 2 fully saturated rings.